The van der Waals surface area contributed by atoms with E-state index in [1.54, 1.807) is 36.4 Å². The van der Waals surface area contributed by atoms with Gasteiger partial charge in [-0.15, -0.1) is 0 Å². The molecule has 0 fully saturated rings. The van der Waals surface area contributed by atoms with Crippen LogP contribution in [0, 0.1) is 0 Å². The average Bonchev–Trinajstić information content (AvgIpc) is 2.78. The summed E-state index contributed by atoms with van der Waals surface area (Å²) in [6.45, 7) is 0. The summed E-state index contributed by atoms with van der Waals surface area (Å²) >= 11 is 8.86. The minimum absolute atomic E-state index is 0.190. The van der Waals surface area contributed by atoms with Gasteiger partial charge in [-0.25, -0.2) is 5.43 Å². The Bertz CT molecular complexity index is 578. The van der Waals surface area contributed by atoms with Gasteiger partial charge in [0.2, 0.25) is 0 Å². The summed E-state index contributed by atoms with van der Waals surface area (Å²) in [6.07, 6.45) is 1.52. The van der Waals surface area contributed by atoms with Crippen LogP contribution >= 0.6 is 27.5 Å². The number of nitrogens with zero attached hydrogens (tertiary/aromatic N) is 1. The van der Waals surface area contributed by atoms with Crippen molar-refractivity contribution in [3.8, 4) is 0 Å². The lowest BCUT2D eigenvalue weighted by molar-refractivity contribution is 0.0926. The van der Waals surface area contributed by atoms with E-state index in [4.69, 9.17) is 16.0 Å². The summed E-state index contributed by atoms with van der Waals surface area (Å²) < 4.78 is 5.57. The molecule has 1 aromatic heterocycles. The molecule has 0 aliphatic rings. The van der Waals surface area contributed by atoms with Gasteiger partial charge < -0.3 is 4.42 Å². The summed E-state index contributed by atoms with van der Waals surface area (Å²) in [5.74, 6) is -0.221. The monoisotopic (exact) mass is 326 g/mol. The number of benzene rings is 1. The van der Waals surface area contributed by atoms with E-state index in [2.05, 4.69) is 26.5 Å². The smallest absolute Gasteiger partial charge is 0.307 e. The molecule has 2 aromatic rings. The molecular weight excluding hydrogens is 320 g/mol. The van der Waals surface area contributed by atoms with E-state index in [0.29, 0.717) is 9.69 Å². The zero-order chi connectivity index (χ0) is 13.0. The standard InChI is InChI=1S/C12H8BrClN2O2/c13-11-6-5-10(18-11)12(17)16-15-7-8-1-3-9(14)4-2-8/h1-7H,(H,16,17)/b15-7+. The SMILES string of the molecule is O=C(N/N=C/c1ccc(Cl)cc1)c1ccc(Br)o1. The quantitative estimate of drug-likeness (QED) is 0.693. The molecule has 1 N–H and O–H groups in total. The number of halogens is 2. The van der Waals surface area contributed by atoms with Crippen molar-refractivity contribution in [3.05, 3.63) is 57.4 Å². The van der Waals surface area contributed by atoms with E-state index in [-0.39, 0.29) is 5.76 Å². The molecule has 0 aliphatic carbocycles. The lowest BCUT2D eigenvalue weighted by Crippen LogP contribution is -2.16. The van der Waals surface area contributed by atoms with Crippen molar-refractivity contribution in [2.24, 2.45) is 5.10 Å². The van der Waals surface area contributed by atoms with Crippen LogP contribution in [0.4, 0.5) is 0 Å². The lowest BCUT2D eigenvalue weighted by Gasteiger charge is -1.95. The third kappa shape index (κ3) is 3.45. The number of carbonyl (C=O) groups excluding carboxylic acids is 1. The van der Waals surface area contributed by atoms with Crippen molar-refractivity contribution in [2.75, 3.05) is 0 Å². The van der Waals surface area contributed by atoms with Gasteiger partial charge in [0.15, 0.2) is 10.4 Å². The molecule has 4 nitrogen and oxygen atoms in total. The third-order valence-electron chi connectivity index (χ3n) is 2.05. The molecule has 2 rings (SSSR count). The molecule has 0 atom stereocenters. The van der Waals surface area contributed by atoms with Gasteiger partial charge >= 0.3 is 5.91 Å². The Morgan fingerprint density at radius 1 is 1.28 bits per heavy atom. The van der Waals surface area contributed by atoms with Crippen LogP contribution in [-0.2, 0) is 0 Å². The second-order valence-corrected chi connectivity index (χ2v) is 4.57. The molecule has 92 valence electrons. The van der Waals surface area contributed by atoms with Crippen molar-refractivity contribution in [3.63, 3.8) is 0 Å². The van der Waals surface area contributed by atoms with Gasteiger partial charge in [0.1, 0.15) is 0 Å². The Labute approximate surface area is 117 Å². The summed E-state index contributed by atoms with van der Waals surface area (Å²) in [5, 5.41) is 4.46. The van der Waals surface area contributed by atoms with Crippen molar-refractivity contribution in [2.45, 2.75) is 0 Å². The van der Waals surface area contributed by atoms with E-state index in [0.717, 1.165) is 5.56 Å². The number of hydrazone groups is 1. The van der Waals surface area contributed by atoms with Crippen molar-refractivity contribution in [1.29, 1.82) is 0 Å². The number of amides is 1. The largest absolute Gasteiger partial charge is 0.444 e. The second kappa shape index (κ2) is 5.84. The molecule has 1 heterocycles. The van der Waals surface area contributed by atoms with Crippen LogP contribution in [0.2, 0.25) is 5.02 Å². The highest BCUT2D eigenvalue weighted by atomic mass is 79.9. The summed E-state index contributed by atoms with van der Waals surface area (Å²) in [5.41, 5.74) is 3.19. The van der Waals surface area contributed by atoms with Gasteiger partial charge in [0, 0.05) is 5.02 Å². The van der Waals surface area contributed by atoms with Crippen LogP contribution in [0.15, 0.2) is 50.6 Å². The number of rotatable bonds is 3. The van der Waals surface area contributed by atoms with Crippen LogP contribution in [-0.4, -0.2) is 12.1 Å². The van der Waals surface area contributed by atoms with Crippen LogP contribution in [0.1, 0.15) is 16.1 Å². The molecule has 1 aromatic carbocycles. The number of carbonyl (C=O) groups is 1. The topological polar surface area (TPSA) is 54.6 Å². The van der Waals surface area contributed by atoms with Crippen LogP contribution in [0.25, 0.3) is 0 Å². The Morgan fingerprint density at radius 2 is 2.00 bits per heavy atom. The Hall–Kier alpha value is -1.59. The molecule has 18 heavy (non-hydrogen) atoms. The number of nitrogens with one attached hydrogen (secondary N) is 1. The Balaban J connectivity index is 1.95. The molecule has 0 aliphatic heterocycles. The summed E-state index contributed by atoms with van der Waals surface area (Å²) in [6, 6.07) is 10.3. The van der Waals surface area contributed by atoms with Gasteiger partial charge in [-0.3, -0.25) is 4.79 Å². The van der Waals surface area contributed by atoms with Crippen LogP contribution < -0.4 is 5.43 Å². The minimum Gasteiger partial charge on any atom is -0.444 e. The van der Waals surface area contributed by atoms with Crippen molar-refractivity contribution < 1.29 is 9.21 Å². The first-order valence-electron chi connectivity index (χ1n) is 4.99. The van der Waals surface area contributed by atoms with Crippen LogP contribution in [0.5, 0.6) is 0 Å². The fourth-order valence-electron chi connectivity index (χ4n) is 1.21. The molecular formula is C12H8BrClN2O2. The Kier molecular flexibility index (Phi) is 4.17. The predicted octanol–water partition coefficient (Wildman–Crippen LogP) is 3.46. The van der Waals surface area contributed by atoms with E-state index in [9.17, 15) is 4.79 Å². The maximum atomic E-state index is 11.5. The highest BCUT2D eigenvalue weighted by Gasteiger charge is 2.08. The first-order valence-corrected chi connectivity index (χ1v) is 6.16. The van der Waals surface area contributed by atoms with Crippen molar-refractivity contribution >= 4 is 39.7 Å². The molecule has 6 heteroatoms. The predicted molar refractivity (Wildman–Crippen MR) is 72.9 cm³/mol. The first-order chi connectivity index (χ1) is 8.65. The van der Waals surface area contributed by atoms with Gasteiger partial charge in [0.05, 0.1) is 6.21 Å². The zero-order valence-corrected chi connectivity index (χ0v) is 11.4. The first kappa shape index (κ1) is 12.9. The van der Waals surface area contributed by atoms with Gasteiger partial charge in [-0.05, 0) is 45.8 Å². The third-order valence-corrected chi connectivity index (χ3v) is 2.72. The van der Waals surface area contributed by atoms with Gasteiger partial charge in [-0.2, -0.15) is 5.10 Å². The summed E-state index contributed by atoms with van der Waals surface area (Å²) in [4.78, 5) is 11.5. The fourth-order valence-corrected chi connectivity index (χ4v) is 1.64. The van der Waals surface area contributed by atoms with E-state index < -0.39 is 5.91 Å². The van der Waals surface area contributed by atoms with Crippen molar-refractivity contribution in [1.82, 2.24) is 5.43 Å². The lowest BCUT2D eigenvalue weighted by atomic mass is 10.2. The van der Waals surface area contributed by atoms with E-state index in [1.807, 2.05) is 0 Å². The highest BCUT2D eigenvalue weighted by Crippen LogP contribution is 2.13. The highest BCUT2D eigenvalue weighted by molar-refractivity contribution is 9.10. The molecule has 0 spiro atoms. The number of hydrogen-bond donors (Lipinski definition) is 1. The maximum Gasteiger partial charge on any atom is 0.307 e. The maximum absolute atomic E-state index is 11.5. The second-order valence-electron chi connectivity index (χ2n) is 3.35. The molecule has 0 radical (unpaired) electrons. The zero-order valence-electron chi connectivity index (χ0n) is 9.06. The average molecular weight is 328 g/mol. The Morgan fingerprint density at radius 3 is 2.61 bits per heavy atom. The van der Waals surface area contributed by atoms with E-state index in [1.165, 1.54) is 6.21 Å². The fraction of sp³-hybridized carbons (Fsp3) is 0. The normalized spacial score (nSPS) is 10.8. The minimum atomic E-state index is -0.411. The molecule has 0 bridgehead atoms. The van der Waals surface area contributed by atoms with Gasteiger partial charge in [0.25, 0.3) is 0 Å². The van der Waals surface area contributed by atoms with E-state index >= 15 is 0 Å². The number of furan rings is 1. The summed E-state index contributed by atoms with van der Waals surface area (Å²) in [7, 11) is 0. The molecule has 0 saturated carbocycles. The molecule has 1 amide bonds. The molecule has 0 saturated heterocycles. The molecule has 0 unspecified atom stereocenters. The number of hydrogen-bond acceptors (Lipinski definition) is 3. The van der Waals surface area contributed by atoms with Gasteiger partial charge in [-0.1, -0.05) is 23.7 Å². The van der Waals surface area contributed by atoms with Crippen LogP contribution in [0.3, 0.4) is 0 Å².